The fourth-order valence-electron chi connectivity index (χ4n) is 3.62. The number of phenolic OH excluding ortho intramolecular Hbond substituents is 2. The van der Waals surface area contributed by atoms with Crippen LogP contribution in [0.1, 0.15) is 36.1 Å². The third kappa shape index (κ3) is 13.0. The van der Waals surface area contributed by atoms with Gasteiger partial charge in [-0.1, -0.05) is 35.4 Å². The van der Waals surface area contributed by atoms with Gasteiger partial charge in [0.05, 0.1) is 11.1 Å². The first-order valence-electron chi connectivity index (χ1n) is 13.1. The van der Waals surface area contributed by atoms with Crippen LogP contribution in [0.4, 0.5) is 26.3 Å². The summed E-state index contributed by atoms with van der Waals surface area (Å²) in [6.07, 6.45) is -7.60. The Kier molecular flexibility index (Phi) is 14.1. The van der Waals surface area contributed by atoms with Crippen LogP contribution in [-0.2, 0) is 34.6 Å². The molecule has 0 aromatic heterocycles. The number of benzene rings is 4. The zero-order valence-corrected chi connectivity index (χ0v) is 25.1. The molecule has 5 aromatic carbocycles. The normalized spacial score (nSPS) is 10.9. The van der Waals surface area contributed by atoms with E-state index in [4.69, 9.17) is 10.2 Å². The molecular formula is C35H30CrF6O2-2. The molecule has 2 N–H and O–H groups in total. The number of hydrogen-bond donors (Lipinski definition) is 2. The van der Waals surface area contributed by atoms with Gasteiger partial charge < -0.3 is 10.2 Å². The van der Waals surface area contributed by atoms with Gasteiger partial charge in [0.1, 0.15) is 11.5 Å². The van der Waals surface area contributed by atoms with Crippen LogP contribution in [-0.4, -0.2) is 14.6 Å². The minimum Gasteiger partial charge on any atom is -0.508 e. The summed E-state index contributed by atoms with van der Waals surface area (Å²) in [6, 6.07) is 35.4. The number of hydrogen-bond acceptors (Lipinski definition) is 2. The van der Waals surface area contributed by atoms with Gasteiger partial charge in [-0.15, -0.1) is 5.56 Å². The summed E-state index contributed by atoms with van der Waals surface area (Å²) < 4.78 is 72.3. The van der Waals surface area contributed by atoms with Crippen molar-refractivity contribution in [2.75, 3.05) is 0 Å². The van der Waals surface area contributed by atoms with Crippen molar-refractivity contribution < 1.29 is 52.4 Å². The molecule has 1 aliphatic carbocycles. The van der Waals surface area contributed by atoms with Crippen molar-refractivity contribution in [3.8, 4) is 22.6 Å². The molecule has 0 saturated carbocycles. The summed E-state index contributed by atoms with van der Waals surface area (Å²) in [5.74, 6) is -0.337. The zero-order chi connectivity index (χ0) is 32.8. The molecule has 0 fully saturated rings. The van der Waals surface area contributed by atoms with Crippen molar-refractivity contribution in [1.29, 1.82) is 0 Å². The van der Waals surface area contributed by atoms with Crippen molar-refractivity contribution in [3.63, 3.8) is 0 Å². The van der Waals surface area contributed by atoms with Crippen LogP contribution in [0.3, 0.4) is 0 Å². The largest absolute Gasteiger partial charge is 0.508 e. The van der Waals surface area contributed by atoms with Crippen LogP contribution in [0.5, 0.6) is 11.5 Å². The first-order chi connectivity index (χ1) is 20.7. The van der Waals surface area contributed by atoms with Gasteiger partial charge in [-0.3, -0.25) is 0 Å². The van der Waals surface area contributed by atoms with Crippen molar-refractivity contribution >= 4 is 4.38 Å². The maximum Gasteiger partial charge on any atom is 0.416 e. The average Bonchev–Trinajstić information content (AvgIpc) is 3.65. The molecule has 0 spiro atoms. The maximum absolute atomic E-state index is 11.8. The Morgan fingerprint density at radius 3 is 1.50 bits per heavy atom. The quantitative estimate of drug-likeness (QED) is 0.127. The Hall–Kier alpha value is -4.19. The molecule has 2 nitrogen and oxygen atoms in total. The topological polar surface area (TPSA) is 40.5 Å². The summed E-state index contributed by atoms with van der Waals surface area (Å²) in [4.78, 5) is 0. The van der Waals surface area contributed by atoms with E-state index >= 15 is 0 Å². The minimum atomic E-state index is -4.33. The molecule has 1 aliphatic rings. The van der Waals surface area contributed by atoms with E-state index in [1.165, 1.54) is 26.6 Å². The molecule has 232 valence electrons. The molecular weight excluding hydrogens is 618 g/mol. The third-order valence-corrected chi connectivity index (χ3v) is 5.56. The van der Waals surface area contributed by atoms with E-state index < -0.39 is 23.5 Å². The summed E-state index contributed by atoms with van der Waals surface area (Å²) >= 11 is 2.82. The second-order valence-electron chi connectivity index (χ2n) is 9.36. The standard InChI is InChI=1S/C13H9.2C7H5F3O.C5H5.C3H6.Cr/c1-3-7-12-10(5-1)9-11-6-2-4-8-13(11)12;2*8-7(9,10)5-1-3-6(11)4-2-5;1-2-4-5-3-1;1-3-2;/h1-5,7-8H,9H2;2*1-4,11H;1-5H;1-2H3;/q-1;;;-1;;. The zero-order valence-electron chi connectivity index (χ0n) is 23.8. The minimum absolute atomic E-state index is 0.169. The van der Waals surface area contributed by atoms with Gasteiger partial charge in [-0.25, -0.2) is 12.1 Å². The molecule has 0 bridgehead atoms. The van der Waals surface area contributed by atoms with E-state index in [0.29, 0.717) is 0 Å². The Labute approximate surface area is 261 Å². The van der Waals surface area contributed by atoms with E-state index in [-0.39, 0.29) is 11.5 Å². The van der Waals surface area contributed by atoms with Crippen molar-refractivity contribution in [2.45, 2.75) is 32.6 Å². The Balaban J connectivity index is 0.000000203. The SMILES string of the molecule is C[C](C)=[Cr].Oc1ccc(C(F)(F)F)cc1.Oc1ccc(C(F)(F)F)cc1.[c-]1cccc2c1Cc1ccccc1-2.c1cc[cH-]c1. The van der Waals surface area contributed by atoms with Crippen LogP contribution in [0.2, 0.25) is 0 Å². The predicted octanol–water partition coefficient (Wildman–Crippen LogP) is 10.0. The fraction of sp³-hybridized carbons (Fsp3) is 0.143. The number of phenols is 2. The average molecular weight is 649 g/mol. The van der Waals surface area contributed by atoms with Crippen molar-refractivity contribution in [2.24, 2.45) is 0 Å². The number of rotatable bonds is 0. The molecule has 0 radical (unpaired) electrons. The predicted molar refractivity (Wildman–Crippen MR) is 158 cm³/mol. The van der Waals surface area contributed by atoms with E-state index in [1.807, 2.05) is 50.2 Å². The van der Waals surface area contributed by atoms with Gasteiger partial charge in [-0.2, -0.15) is 74.4 Å². The number of alkyl halides is 6. The van der Waals surface area contributed by atoms with Crippen LogP contribution in [0.25, 0.3) is 11.1 Å². The van der Waals surface area contributed by atoms with Crippen LogP contribution >= 0.6 is 0 Å². The van der Waals surface area contributed by atoms with E-state index in [2.05, 4.69) is 58.3 Å². The van der Waals surface area contributed by atoms with E-state index in [0.717, 1.165) is 55.0 Å². The first kappa shape index (κ1) is 36.0. The maximum atomic E-state index is 11.8. The number of aromatic hydroxyl groups is 2. The van der Waals surface area contributed by atoms with Crippen LogP contribution in [0.15, 0.2) is 121 Å². The molecule has 44 heavy (non-hydrogen) atoms. The molecule has 6 rings (SSSR count). The Morgan fingerprint density at radius 2 is 1.09 bits per heavy atom. The van der Waals surface area contributed by atoms with Gasteiger partial charge >= 0.3 is 46.4 Å². The van der Waals surface area contributed by atoms with Crippen molar-refractivity contribution in [3.05, 3.63) is 150 Å². The van der Waals surface area contributed by atoms with Gasteiger partial charge in [0.2, 0.25) is 0 Å². The summed E-state index contributed by atoms with van der Waals surface area (Å²) in [5.41, 5.74) is 4.00. The van der Waals surface area contributed by atoms with E-state index in [1.54, 1.807) is 0 Å². The van der Waals surface area contributed by atoms with E-state index in [9.17, 15) is 26.3 Å². The van der Waals surface area contributed by atoms with Gasteiger partial charge in [0.15, 0.2) is 0 Å². The van der Waals surface area contributed by atoms with Crippen LogP contribution < -0.4 is 0 Å². The first-order valence-corrected chi connectivity index (χ1v) is 13.8. The van der Waals surface area contributed by atoms with Gasteiger partial charge in [-0.05, 0) is 55.0 Å². The number of fused-ring (bicyclic) bond motifs is 3. The summed E-state index contributed by atoms with van der Waals surface area (Å²) in [6.45, 7) is 4.06. The van der Waals surface area contributed by atoms with Gasteiger partial charge in [0, 0.05) is 0 Å². The molecule has 0 aliphatic heterocycles. The molecule has 0 amide bonds. The Bertz CT molecular complexity index is 1420. The molecule has 5 aromatic rings. The molecule has 0 saturated heterocycles. The molecule has 0 heterocycles. The van der Waals surface area contributed by atoms with Gasteiger partial charge in [0.25, 0.3) is 0 Å². The number of halogens is 6. The molecule has 0 unspecified atom stereocenters. The molecule has 0 atom stereocenters. The smallest absolute Gasteiger partial charge is 0.416 e. The fourth-order valence-corrected chi connectivity index (χ4v) is 3.62. The Morgan fingerprint density at radius 1 is 0.659 bits per heavy atom. The summed E-state index contributed by atoms with van der Waals surface area (Å²) in [5, 5.41) is 17.3. The second-order valence-corrected chi connectivity index (χ2v) is 10.6. The van der Waals surface area contributed by atoms with Crippen molar-refractivity contribution in [1.82, 2.24) is 0 Å². The second kappa shape index (κ2) is 17.2. The van der Waals surface area contributed by atoms with Crippen LogP contribution in [0, 0.1) is 6.07 Å². The third-order valence-electron chi connectivity index (χ3n) is 5.56. The summed E-state index contributed by atoms with van der Waals surface area (Å²) in [7, 11) is 0. The molecule has 9 heteroatoms. The monoisotopic (exact) mass is 648 g/mol.